The average molecular weight is 393 g/mol. The molecule has 3 rings (SSSR count). The fourth-order valence-corrected chi connectivity index (χ4v) is 2.97. The molecule has 0 spiro atoms. The number of amides is 1. The maximum Gasteiger partial charge on any atom is 0.267 e. The molecule has 150 valence electrons. The van der Waals surface area contributed by atoms with Crippen LogP contribution in [-0.2, 0) is 11.3 Å². The molecule has 1 aromatic heterocycles. The van der Waals surface area contributed by atoms with E-state index >= 15 is 0 Å². The second-order valence-corrected chi connectivity index (χ2v) is 6.48. The predicted molar refractivity (Wildman–Crippen MR) is 110 cm³/mol. The highest BCUT2D eigenvalue weighted by molar-refractivity contribution is 5.76. The van der Waals surface area contributed by atoms with Crippen molar-refractivity contribution in [3.05, 3.63) is 76.6 Å². The fourth-order valence-electron chi connectivity index (χ4n) is 2.97. The van der Waals surface area contributed by atoms with Gasteiger partial charge in [-0.25, -0.2) is 4.68 Å². The van der Waals surface area contributed by atoms with Crippen LogP contribution in [-0.4, -0.2) is 29.9 Å². The molecule has 3 aromatic rings. The largest absolute Gasteiger partial charge is 0.497 e. The highest BCUT2D eigenvalue weighted by atomic mass is 16.5. The van der Waals surface area contributed by atoms with Gasteiger partial charge in [0.05, 0.1) is 26.0 Å². The normalized spacial score (nSPS) is 11.6. The second kappa shape index (κ2) is 9.05. The number of methoxy groups -OCH3 is 2. The van der Waals surface area contributed by atoms with Gasteiger partial charge in [-0.15, -0.1) is 0 Å². The molecule has 1 unspecified atom stereocenters. The van der Waals surface area contributed by atoms with Gasteiger partial charge in [0, 0.05) is 11.6 Å². The van der Waals surface area contributed by atoms with Crippen LogP contribution in [0.3, 0.4) is 0 Å². The van der Waals surface area contributed by atoms with Crippen LogP contribution in [0.2, 0.25) is 0 Å². The minimum atomic E-state index is -0.363. The first kappa shape index (κ1) is 20.1. The van der Waals surface area contributed by atoms with Gasteiger partial charge in [0.2, 0.25) is 5.91 Å². The molecule has 1 N–H and O–H groups in total. The van der Waals surface area contributed by atoms with Crippen molar-refractivity contribution >= 4 is 5.91 Å². The molecule has 7 heteroatoms. The number of ether oxygens (including phenoxy) is 2. The predicted octanol–water partition coefficient (Wildman–Crippen LogP) is 2.80. The van der Waals surface area contributed by atoms with Crippen molar-refractivity contribution in [3.63, 3.8) is 0 Å². The van der Waals surface area contributed by atoms with Crippen LogP contribution >= 0.6 is 0 Å². The van der Waals surface area contributed by atoms with E-state index in [9.17, 15) is 9.59 Å². The zero-order valence-electron chi connectivity index (χ0n) is 16.6. The summed E-state index contributed by atoms with van der Waals surface area (Å²) in [5.74, 6) is 0.922. The summed E-state index contributed by atoms with van der Waals surface area (Å²) >= 11 is 0. The van der Waals surface area contributed by atoms with Crippen molar-refractivity contribution in [3.8, 4) is 22.8 Å². The van der Waals surface area contributed by atoms with E-state index in [0.717, 1.165) is 10.2 Å². The van der Waals surface area contributed by atoms with Gasteiger partial charge in [-0.2, -0.15) is 5.10 Å². The van der Waals surface area contributed by atoms with Gasteiger partial charge in [0.25, 0.3) is 5.56 Å². The van der Waals surface area contributed by atoms with Crippen LogP contribution in [0.1, 0.15) is 18.5 Å². The summed E-state index contributed by atoms with van der Waals surface area (Å²) in [6, 6.07) is 17.7. The van der Waals surface area contributed by atoms with Gasteiger partial charge in [-0.3, -0.25) is 9.59 Å². The monoisotopic (exact) mass is 393 g/mol. The van der Waals surface area contributed by atoms with Crippen molar-refractivity contribution in [1.82, 2.24) is 15.1 Å². The second-order valence-electron chi connectivity index (χ2n) is 6.48. The van der Waals surface area contributed by atoms with E-state index in [1.165, 1.54) is 6.07 Å². The number of hydrogen-bond donors (Lipinski definition) is 1. The lowest BCUT2D eigenvalue weighted by Gasteiger charge is -2.15. The van der Waals surface area contributed by atoms with Crippen molar-refractivity contribution in [2.75, 3.05) is 14.2 Å². The first-order valence-corrected chi connectivity index (χ1v) is 9.16. The first-order valence-electron chi connectivity index (χ1n) is 9.16. The number of rotatable bonds is 7. The molecular formula is C22H23N3O4. The van der Waals surface area contributed by atoms with Crippen LogP contribution in [0.25, 0.3) is 11.3 Å². The maximum atomic E-state index is 12.5. The van der Waals surface area contributed by atoms with E-state index in [-0.39, 0.29) is 24.1 Å². The van der Waals surface area contributed by atoms with E-state index in [1.54, 1.807) is 38.5 Å². The molecule has 7 nitrogen and oxygen atoms in total. The lowest BCUT2D eigenvalue weighted by Crippen LogP contribution is -2.34. The van der Waals surface area contributed by atoms with Gasteiger partial charge in [-0.1, -0.05) is 30.3 Å². The molecule has 0 fully saturated rings. The number of nitrogens with zero attached hydrogens (tertiary/aromatic N) is 2. The number of nitrogens with one attached hydrogen (secondary N) is 1. The highest BCUT2D eigenvalue weighted by Crippen LogP contribution is 2.31. The van der Waals surface area contributed by atoms with E-state index in [0.29, 0.717) is 22.8 Å². The smallest absolute Gasteiger partial charge is 0.267 e. The fraction of sp³-hybridized carbons (Fsp3) is 0.227. The summed E-state index contributed by atoms with van der Waals surface area (Å²) in [5.41, 5.74) is 1.79. The Morgan fingerprint density at radius 3 is 2.52 bits per heavy atom. The topological polar surface area (TPSA) is 82.5 Å². The molecule has 0 saturated carbocycles. The molecule has 0 aliphatic rings. The van der Waals surface area contributed by atoms with Crippen LogP contribution in [0.4, 0.5) is 0 Å². The Labute approximate surface area is 168 Å². The van der Waals surface area contributed by atoms with Crippen LogP contribution in [0.15, 0.2) is 65.5 Å². The average Bonchev–Trinajstić information content (AvgIpc) is 2.75. The third-order valence-electron chi connectivity index (χ3n) is 4.52. The zero-order valence-corrected chi connectivity index (χ0v) is 16.6. The lowest BCUT2D eigenvalue weighted by atomic mass is 10.1. The van der Waals surface area contributed by atoms with Gasteiger partial charge < -0.3 is 14.8 Å². The van der Waals surface area contributed by atoms with E-state index < -0.39 is 0 Å². The Kier molecular flexibility index (Phi) is 6.29. The molecule has 0 bridgehead atoms. The maximum absolute atomic E-state index is 12.5. The van der Waals surface area contributed by atoms with Crippen LogP contribution in [0, 0.1) is 0 Å². The molecule has 0 radical (unpaired) electrons. The Morgan fingerprint density at radius 1 is 1.07 bits per heavy atom. The Balaban J connectivity index is 1.83. The molecule has 2 aromatic carbocycles. The van der Waals surface area contributed by atoms with E-state index in [4.69, 9.17) is 9.47 Å². The van der Waals surface area contributed by atoms with Gasteiger partial charge in [-0.05, 0) is 36.8 Å². The molecule has 1 amide bonds. The molecule has 0 aliphatic carbocycles. The van der Waals surface area contributed by atoms with Crippen molar-refractivity contribution in [2.45, 2.75) is 19.5 Å². The summed E-state index contributed by atoms with van der Waals surface area (Å²) in [7, 11) is 3.12. The lowest BCUT2D eigenvalue weighted by molar-refractivity contribution is -0.122. The highest BCUT2D eigenvalue weighted by Gasteiger charge is 2.14. The van der Waals surface area contributed by atoms with Crippen molar-refractivity contribution < 1.29 is 14.3 Å². The third-order valence-corrected chi connectivity index (χ3v) is 4.52. The molecular weight excluding hydrogens is 370 g/mol. The third kappa shape index (κ3) is 4.82. The minimum absolute atomic E-state index is 0.180. The molecule has 29 heavy (non-hydrogen) atoms. The Hall–Kier alpha value is -3.61. The molecule has 0 saturated heterocycles. The summed E-state index contributed by atoms with van der Waals surface area (Å²) in [6.45, 7) is 1.71. The summed E-state index contributed by atoms with van der Waals surface area (Å²) in [4.78, 5) is 24.7. The SMILES string of the molecule is COc1ccc(OC)c(-c2ccc(=O)n(CC(=O)NC(C)c3ccccc3)n2)c1. The Morgan fingerprint density at radius 2 is 1.83 bits per heavy atom. The number of hydrogen-bond acceptors (Lipinski definition) is 5. The summed E-state index contributed by atoms with van der Waals surface area (Å²) < 4.78 is 11.8. The number of carbonyl (C=O) groups is 1. The van der Waals surface area contributed by atoms with Crippen LogP contribution in [0.5, 0.6) is 11.5 Å². The minimum Gasteiger partial charge on any atom is -0.497 e. The molecule has 0 aliphatic heterocycles. The van der Waals surface area contributed by atoms with Gasteiger partial charge in [0.15, 0.2) is 0 Å². The van der Waals surface area contributed by atoms with Gasteiger partial charge in [0.1, 0.15) is 18.0 Å². The van der Waals surface area contributed by atoms with Crippen molar-refractivity contribution in [1.29, 1.82) is 0 Å². The van der Waals surface area contributed by atoms with Crippen molar-refractivity contribution in [2.24, 2.45) is 0 Å². The summed E-state index contributed by atoms with van der Waals surface area (Å²) in [5, 5.41) is 7.24. The standard InChI is InChI=1S/C22H23N3O4/c1-15(16-7-5-4-6-8-16)23-21(26)14-25-22(27)12-10-19(24-25)18-13-17(28-2)9-11-20(18)29-3/h4-13,15H,14H2,1-3H3,(H,23,26). The zero-order chi connectivity index (χ0) is 20.8. The number of benzene rings is 2. The van der Waals surface area contributed by atoms with Gasteiger partial charge >= 0.3 is 0 Å². The molecule has 1 heterocycles. The Bertz CT molecular complexity index is 1050. The summed E-state index contributed by atoms with van der Waals surface area (Å²) in [6.07, 6.45) is 0. The quantitative estimate of drug-likeness (QED) is 0.667. The number of carbonyl (C=O) groups excluding carboxylic acids is 1. The van der Waals surface area contributed by atoms with E-state index in [2.05, 4.69) is 10.4 Å². The van der Waals surface area contributed by atoms with Crippen LogP contribution < -0.4 is 20.3 Å². The molecule has 1 atom stereocenters. The first-order chi connectivity index (χ1) is 14.0. The van der Waals surface area contributed by atoms with E-state index in [1.807, 2.05) is 37.3 Å². The number of aromatic nitrogens is 2.